The first-order valence-electron chi connectivity index (χ1n) is 6.08. The second-order valence-corrected chi connectivity index (χ2v) is 4.34. The Labute approximate surface area is 114 Å². The summed E-state index contributed by atoms with van der Waals surface area (Å²) in [6.07, 6.45) is 0. The van der Waals surface area contributed by atoms with Gasteiger partial charge >= 0.3 is 0 Å². The highest BCUT2D eigenvalue weighted by Crippen LogP contribution is 2.17. The zero-order chi connectivity index (χ0) is 14.5. The molecule has 1 aromatic rings. The molecule has 0 bridgehead atoms. The van der Waals surface area contributed by atoms with Gasteiger partial charge in [-0.15, -0.1) is 0 Å². The Morgan fingerprint density at radius 3 is 2.85 bits per heavy atom. The van der Waals surface area contributed by atoms with Gasteiger partial charge in [-0.05, 0) is 0 Å². The van der Waals surface area contributed by atoms with Crippen molar-refractivity contribution in [3.8, 4) is 0 Å². The van der Waals surface area contributed by atoms with Crippen LogP contribution in [-0.4, -0.2) is 35.9 Å². The van der Waals surface area contributed by atoms with Gasteiger partial charge in [0.1, 0.15) is 6.04 Å². The Kier molecular flexibility index (Phi) is 4.26. The van der Waals surface area contributed by atoms with Crippen molar-refractivity contribution >= 4 is 17.5 Å². The van der Waals surface area contributed by atoms with Gasteiger partial charge < -0.3 is 10.6 Å². The molecule has 1 fully saturated rings. The van der Waals surface area contributed by atoms with Gasteiger partial charge in [0.2, 0.25) is 11.8 Å². The monoisotopic (exact) mass is 278 g/mol. The summed E-state index contributed by atoms with van der Waals surface area (Å²) < 4.78 is 0. The number of nitrogens with one attached hydrogen (secondary N) is 3. The van der Waals surface area contributed by atoms with E-state index >= 15 is 0 Å². The van der Waals surface area contributed by atoms with Gasteiger partial charge in [0.15, 0.2) is 0 Å². The largest absolute Gasteiger partial charge is 0.353 e. The molecule has 1 aromatic carbocycles. The van der Waals surface area contributed by atoms with Gasteiger partial charge in [-0.3, -0.25) is 25.0 Å². The van der Waals surface area contributed by atoms with Crippen molar-refractivity contribution in [1.29, 1.82) is 0 Å². The van der Waals surface area contributed by atoms with E-state index in [0.29, 0.717) is 5.56 Å². The van der Waals surface area contributed by atoms with Crippen LogP contribution < -0.4 is 16.0 Å². The first kappa shape index (κ1) is 13.9. The molecule has 0 radical (unpaired) electrons. The first-order chi connectivity index (χ1) is 9.58. The lowest BCUT2D eigenvalue weighted by molar-refractivity contribution is -0.385. The van der Waals surface area contributed by atoms with E-state index < -0.39 is 11.0 Å². The average Bonchev–Trinajstić information content (AvgIpc) is 2.45. The number of nitro benzene ring substituents is 1. The number of hydrogen-bond acceptors (Lipinski definition) is 5. The summed E-state index contributed by atoms with van der Waals surface area (Å²) in [5.74, 6) is -0.462. The molecule has 2 amide bonds. The maximum Gasteiger partial charge on any atom is 0.274 e. The average molecular weight is 278 g/mol. The Bertz CT molecular complexity index is 536. The van der Waals surface area contributed by atoms with Crippen molar-refractivity contribution in [1.82, 2.24) is 16.0 Å². The Balaban J connectivity index is 1.93. The molecule has 3 N–H and O–H groups in total. The predicted octanol–water partition coefficient (Wildman–Crippen LogP) is -0.701. The molecule has 0 aromatic heterocycles. The van der Waals surface area contributed by atoms with Crippen LogP contribution in [0.5, 0.6) is 0 Å². The number of amides is 2. The maximum atomic E-state index is 11.9. The van der Waals surface area contributed by atoms with Crippen molar-refractivity contribution in [2.75, 3.05) is 13.1 Å². The van der Waals surface area contributed by atoms with Gasteiger partial charge in [-0.25, -0.2) is 0 Å². The number of carbonyl (C=O) groups excluding carboxylic acids is 2. The van der Waals surface area contributed by atoms with Gasteiger partial charge in [0, 0.05) is 24.7 Å². The molecule has 0 saturated carbocycles. The predicted molar refractivity (Wildman–Crippen MR) is 69.7 cm³/mol. The van der Waals surface area contributed by atoms with Crippen LogP contribution in [0.25, 0.3) is 0 Å². The van der Waals surface area contributed by atoms with E-state index in [1.54, 1.807) is 18.2 Å². The molecule has 20 heavy (non-hydrogen) atoms. The Morgan fingerprint density at radius 2 is 2.20 bits per heavy atom. The third-order valence-corrected chi connectivity index (χ3v) is 2.97. The van der Waals surface area contributed by atoms with Crippen LogP contribution in [0.3, 0.4) is 0 Å². The lowest BCUT2D eigenvalue weighted by Crippen LogP contribution is -2.57. The summed E-state index contributed by atoms with van der Waals surface area (Å²) in [7, 11) is 0. The number of nitrogens with zero attached hydrogens (tertiary/aromatic N) is 1. The van der Waals surface area contributed by atoms with E-state index in [9.17, 15) is 19.7 Å². The van der Waals surface area contributed by atoms with E-state index in [1.807, 2.05) is 0 Å². The van der Waals surface area contributed by atoms with Crippen LogP contribution in [0.2, 0.25) is 0 Å². The summed E-state index contributed by atoms with van der Waals surface area (Å²) in [5, 5.41) is 18.8. The molecule has 2 rings (SSSR count). The van der Waals surface area contributed by atoms with Crippen LogP contribution in [0.4, 0.5) is 5.69 Å². The molecule has 1 heterocycles. The molecule has 8 nitrogen and oxygen atoms in total. The molecular formula is C12H14N4O4. The molecular weight excluding hydrogens is 264 g/mol. The zero-order valence-electron chi connectivity index (χ0n) is 10.6. The Morgan fingerprint density at radius 1 is 1.45 bits per heavy atom. The van der Waals surface area contributed by atoms with Crippen molar-refractivity contribution < 1.29 is 14.5 Å². The topological polar surface area (TPSA) is 113 Å². The molecule has 1 aliphatic heterocycles. The summed E-state index contributed by atoms with van der Waals surface area (Å²) in [6, 6.07) is 5.71. The van der Waals surface area contributed by atoms with E-state index in [-0.39, 0.29) is 37.1 Å². The van der Waals surface area contributed by atoms with Crippen LogP contribution in [0, 0.1) is 10.1 Å². The fourth-order valence-electron chi connectivity index (χ4n) is 1.90. The number of hydrogen-bond donors (Lipinski definition) is 3. The second-order valence-electron chi connectivity index (χ2n) is 4.34. The highest BCUT2D eigenvalue weighted by atomic mass is 16.6. The van der Waals surface area contributed by atoms with Gasteiger partial charge in [-0.1, -0.05) is 18.2 Å². The molecule has 1 atom stereocenters. The summed E-state index contributed by atoms with van der Waals surface area (Å²) in [6.45, 7) is 0.368. The van der Waals surface area contributed by atoms with Crippen LogP contribution in [0.1, 0.15) is 5.56 Å². The quantitative estimate of drug-likeness (QED) is 0.498. The van der Waals surface area contributed by atoms with Crippen molar-refractivity contribution in [3.05, 3.63) is 39.9 Å². The number of nitro groups is 1. The zero-order valence-corrected chi connectivity index (χ0v) is 10.6. The molecule has 1 aliphatic rings. The van der Waals surface area contributed by atoms with Crippen LogP contribution in [-0.2, 0) is 16.1 Å². The number of rotatable bonds is 4. The van der Waals surface area contributed by atoms with Crippen LogP contribution in [0.15, 0.2) is 24.3 Å². The second kappa shape index (κ2) is 6.11. The summed E-state index contributed by atoms with van der Waals surface area (Å²) >= 11 is 0. The van der Waals surface area contributed by atoms with Crippen LogP contribution >= 0.6 is 0 Å². The van der Waals surface area contributed by atoms with E-state index in [4.69, 9.17) is 0 Å². The van der Waals surface area contributed by atoms with Gasteiger partial charge in [-0.2, -0.15) is 0 Å². The first-order valence-corrected chi connectivity index (χ1v) is 6.08. The lowest BCUT2D eigenvalue weighted by Gasteiger charge is -2.23. The molecule has 106 valence electrons. The highest BCUT2D eigenvalue weighted by Gasteiger charge is 2.24. The SMILES string of the molecule is O=C1CNC(C(=O)NCc2ccccc2[N+](=O)[O-])CN1. The third kappa shape index (κ3) is 3.29. The van der Waals surface area contributed by atoms with E-state index in [1.165, 1.54) is 6.07 Å². The fraction of sp³-hybridized carbons (Fsp3) is 0.333. The van der Waals surface area contributed by atoms with Crippen molar-refractivity contribution in [2.45, 2.75) is 12.6 Å². The molecule has 0 spiro atoms. The number of benzene rings is 1. The number of carbonyl (C=O) groups is 2. The summed E-state index contributed by atoms with van der Waals surface area (Å²) in [4.78, 5) is 33.2. The molecule has 1 unspecified atom stereocenters. The standard InChI is InChI=1S/C12H14N4O4/c17-11-7-13-9(6-14-11)12(18)15-5-8-3-1-2-4-10(8)16(19)20/h1-4,9,13H,5-7H2,(H,14,17)(H,15,18). The van der Waals surface area contributed by atoms with Crippen molar-refractivity contribution in [2.24, 2.45) is 0 Å². The van der Waals surface area contributed by atoms with Gasteiger partial charge in [0.05, 0.1) is 11.5 Å². The third-order valence-electron chi connectivity index (χ3n) is 2.97. The normalized spacial score (nSPS) is 18.2. The minimum absolute atomic E-state index is 0.0299. The highest BCUT2D eigenvalue weighted by molar-refractivity contribution is 5.86. The Hall–Kier alpha value is -2.48. The van der Waals surface area contributed by atoms with Crippen molar-refractivity contribution in [3.63, 3.8) is 0 Å². The maximum absolute atomic E-state index is 11.9. The van der Waals surface area contributed by atoms with E-state index in [0.717, 1.165) is 0 Å². The van der Waals surface area contributed by atoms with Gasteiger partial charge in [0.25, 0.3) is 5.69 Å². The number of para-hydroxylation sites is 1. The fourth-order valence-corrected chi connectivity index (χ4v) is 1.90. The summed E-state index contributed by atoms with van der Waals surface area (Å²) in [5.41, 5.74) is 0.406. The smallest absolute Gasteiger partial charge is 0.274 e. The minimum atomic E-state index is -0.518. The molecule has 0 aliphatic carbocycles. The molecule has 1 saturated heterocycles. The lowest BCUT2D eigenvalue weighted by atomic mass is 10.1. The molecule has 8 heteroatoms. The van der Waals surface area contributed by atoms with E-state index in [2.05, 4.69) is 16.0 Å². The minimum Gasteiger partial charge on any atom is -0.353 e. The number of piperazine rings is 1.